The molecule has 6 nitrogen and oxygen atoms in total. The number of rotatable bonds is 6. The number of amides is 1. The molecule has 0 radical (unpaired) electrons. The fourth-order valence-electron chi connectivity index (χ4n) is 4.27. The Morgan fingerprint density at radius 2 is 1.78 bits per heavy atom. The summed E-state index contributed by atoms with van der Waals surface area (Å²) >= 11 is 0. The lowest BCUT2D eigenvalue weighted by Crippen LogP contribution is -2.50. The van der Waals surface area contributed by atoms with E-state index in [-0.39, 0.29) is 41.8 Å². The second kappa shape index (κ2) is 8.42. The number of hydrogen-bond acceptors (Lipinski definition) is 5. The van der Waals surface area contributed by atoms with Gasteiger partial charge in [-0.05, 0) is 38.3 Å². The Bertz CT molecular complexity index is 800. The summed E-state index contributed by atoms with van der Waals surface area (Å²) in [6.45, 7) is 1.57. The number of para-hydroxylation sites is 1. The first-order valence-corrected chi connectivity index (χ1v) is 11.5. The third kappa shape index (κ3) is 4.89. The molecule has 1 saturated heterocycles. The minimum atomic E-state index is -3.06. The first-order valence-electron chi connectivity index (χ1n) is 9.73. The Hall–Kier alpha value is -1.89. The first kappa shape index (κ1) is 19.9. The summed E-state index contributed by atoms with van der Waals surface area (Å²) in [7, 11) is -3.06. The zero-order chi connectivity index (χ0) is 19.4. The van der Waals surface area contributed by atoms with Crippen LogP contribution in [0.25, 0.3) is 0 Å². The average Bonchev–Trinajstić information content (AvgIpc) is 3.00. The van der Waals surface area contributed by atoms with Crippen molar-refractivity contribution in [1.82, 2.24) is 4.90 Å². The first-order chi connectivity index (χ1) is 12.9. The lowest BCUT2D eigenvalue weighted by atomic mass is 9.93. The number of sulfone groups is 1. The van der Waals surface area contributed by atoms with Gasteiger partial charge in [0.1, 0.15) is 0 Å². The van der Waals surface area contributed by atoms with E-state index < -0.39 is 9.84 Å². The molecule has 1 aliphatic heterocycles. The highest BCUT2D eigenvalue weighted by molar-refractivity contribution is 7.91. The van der Waals surface area contributed by atoms with Crippen LogP contribution in [0.1, 0.15) is 55.8 Å². The summed E-state index contributed by atoms with van der Waals surface area (Å²) < 4.78 is 23.9. The van der Waals surface area contributed by atoms with E-state index in [1.807, 2.05) is 11.0 Å². The van der Waals surface area contributed by atoms with E-state index in [9.17, 15) is 18.0 Å². The van der Waals surface area contributed by atoms with Crippen LogP contribution in [0.3, 0.4) is 0 Å². The Balaban J connectivity index is 1.74. The van der Waals surface area contributed by atoms with Gasteiger partial charge in [0.2, 0.25) is 5.91 Å². The van der Waals surface area contributed by atoms with Gasteiger partial charge in [0, 0.05) is 23.3 Å². The maximum atomic E-state index is 13.1. The molecule has 7 heteroatoms. The van der Waals surface area contributed by atoms with Gasteiger partial charge >= 0.3 is 0 Å². The fourth-order valence-corrected chi connectivity index (χ4v) is 5.98. The third-order valence-electron chi connectivity index (χ3n) is 5.59. The van der Waals surface area contributed by atoms with E-state index in [1.165, 1.54) is 13.3 Å². The van der Waals surface area contributed by atoms with Crippen molar-refractivity contribution >= 4 is 27.2 Å². The Labute approximate surface area is 161 Å². The van der Waals surface area contributed by atoms with Crippen LogP contribution in [-0.2, 0) is 14.6 Å². The molecule has 0 spiro atoms. The molecule has 1 saturated carbocycles. The van der Waals surface area contributed by atoms with Crippen LogP contribution in [0.2, 0.25) is 0 Å². The van der Waals surface area contributed by atoms with E-state index in [1.54, 1.807) is 18.2 Å². The molecule has 2 aliphatic rings. The molecule has 0 bridgehead atoms. The number of benzene rings is 1. The standard InChI is InChI=1S/C20H28N2O4S/c1-15(23)18-9-5-6-10-19(18)21-13-20(24)22(16-7-3-2-4-8-16)17-11-12-27(25,26)14-17/h5-6,9-10,16-17,21H,2-4,7-8,11-14H2,1H3/t17-/m0/s1. The molecule has 3 rings (SSSR count). The quantitative estimate of drug-likeness (QED) is 0.753. The number of carbonyl (C=O) groups excluding carboxylic acids is 2. The van der Waals surface area contributed by atoms with Crippen LogP contribution in [0, 0.1) is 0 Å². The molecule has 148 valence electrons. The molecule has 1 aliphatic carbocycles. The van der Waals surface area contributed by atoms with Gasteiger partial charge in [0.05, 0.1) is 18.1 Å². The molecule has 1 amide bonds. The molecular weight excluding hydrogens is 364 g/mol. The van der Waals surface area contributed by atoms with Crippen molar-refractivity contribution in [2.24, 2.45) is 0 Å². The number of hydrogen-bond donors (Lipinski definition) is 1. The van der Waals surface area contributed by atoms with E-state index in [2.05, 4.69) is 5.32 Å². The van der Waals surface area contributed by atoms with Gasteiger partial charge < -0.3 is 10.2 Å². The molecule has 1 N–H and O–H groups in total. The molecule has 1 atom stereocenters. The zero-order valence-electron chi connectivity index (χ0n) is 15.8. The number of nitrogens with zero attached hydrogens (tertiary/aromatic N) is 1. The summed E-state index contributed by atoms with van der Waals surface area (Å²) in [5.41, 5.74) is 1.19. The van der Waals surface area contributed by atoms with Gasteiger partial charge in [0.25, 0.3) is 0 Å². The molecule has 27 heavy (non-hydrogen) atoms. The van der Waals surface area contributed by atoms with Gasteiger partial charge in [-0.1, -0.05) is 31.4 Å². The molecular formula is C20H28N2O4S. The van der Waals surface area contributed by atoms with Crippen LogP contribution in [0.5, 0.6) is 0 Å². The van der Waals surface area contributed by atoms with Crippen LogP contribution in [0.4, 0.5) is 5.69 Å². The smallest absolute Gasteiger partial charge is 0.242 e. The lowest BCUT2D eigenvalue weighted by Gasteiger charge is -2.38. The number of anilines is 1. The van der Waals surface area contributed by atoms with Gasteiger partial charge in [-0.2, -0.15) is 0 Å². The topological polar surface area (TPSA) is 83.6 Å². The largest absolute Gasteiger partial charge is 0.376 e. The lowest BCUT2D eigenvalue weighted by molar-refractivity contribution is -0.134. The van der Waals surface area contributed by atoms with Crippen molar-refractivity contribution < 1.29 is 18.0 Å². The van der Waals surface area contributed by atoms with Crippen molar-refractivity contribution in [3.63, 3.8) is 0 Å². The number of ketones is 1. The second-order valence-electron chi connectivity index (χ2n) is 7.61. The Kier molecular flexibility index (Phi) is 6.19. The maximum absolute atomic E-state index is 13.1. The highest BCUT2D eigenvalue weighted by Crippen LogP contribution is 2.28. The van der Waals surface area contributed by atoms with E-state index >= 15 is 0 Å². The zero-order valence-corrected chi connectivity index (χ0v) is 16.6. The SMILES string of the molecule is CC(=O)c1ccccc1NCC(=O)N(C1CCCCC1)[C@H]1CCS(=O)(=O)C1. The van der Waals surface area contributed by atoms with Crippen LogP contribution in [-0.4, -0.2) is 55.1 Å². The maximum Gasteiger partial charge on any atom is 0.242 e. The minimum Gasteiger partial charge on any atom is -0.376 e. The second-order valence-corrected chi connectivity index (χ2v) is 9.83. The Morgan fingerprint density at radius 3 is 2.41 bits per heavy atom. The normalized spacial score (nSPS) is 22.3. The predicted octanol–water partition coefficient (Wildman–Crippen LogP) is 2.65. The minimum absolute atomic E-state index is 0.0587. The summed E-state index contributed by atoms with van der Waals surface area (Å²) in [4.78, 5) is 26.7. The summed E-state index contributed by atoms with van der Waals surface area (Å²) in [5, 5.41) is 3.10. The number of carbonyl (C=O) groups is 2. The summed E-state index contributed by atoms with van der Waals surface area (Å²) in [5.74, 6) is 0.0903. The van der Waals surface area contributed by atoms with Crippen molar-refractivity contribution in [2.75, 3.05) is 23.4 Å². The van der Waals surface area contributed by atoms with Gasteiger partial charge in [-0.15, -0.1) is 0 Å². The molecule has 0 aromatic heterocycles. The molecule has 1 aromatic rings. The van der Waals surface area contributed by atoms with E-state index in [0.29, 0.717) is 17.7 Å². The van der Waals surface area contributed by atoms with E-state index in [0.717, 1.165) is 25.7 Å². The highest BCUT2D eigenvalue weighted by Gasteiger charge is 2.38. The third-order valence-corrected chi connectivity index (χ3v) is 7.34. The summed E-state index contributed by atoms with van der Waals surface area (Å²) in [6, 6.07) is 7.03. The number of Topliss-reactive ketones (excluding diaryl/α,β-unsaturated/α-hetero) is 1. The average molecular weight is 393 g/mol. The molecule has 1 aromatic carbocycles. The predicted molar refractivity (Wildman–Crippen MR) is 106 cm³/mol. The van der Waals surface area contributed by atoms with Crippen molar-refractivity contribution in [2.45, 2.75) is 57.5 Å². The van der Waals surface area contributed by atoms with Crippen molar-refractivity contribution in [1.29, 1.82) is 0 Å². The van der Waals surface area contributed by atoms with Gasteiger partial charge in [-0.25, -0.2) is 8.42 Å². The number of nitrogens with one attached hydrogen (secondary N) is 1. The van der Waals surface area contributed by atoms with Crippen LogP contribution in [0.15, 0.2) is 24.3 Å². The van der Waals surface area contributed by atoms with Crippen LogP contribution < -0.4 is 5.32 Å². The molecule has 1 heterocycles. The summed E-state index contributed by atoms with van der Waals surface area (Å²) in [6.07, 6.45) is 5.72. The molecule has 2 fully saturated rings. The van der Waals surface area contributed by atoms with Gasteiger partial charge in [0.15, 0.2) is 15.6 Å². The fraction of sp³-hybridized carbons (Fsp3) is 0.600. The molecule has 0 unspecified atom stereocenters. The van der Waals surface area contributed by atoms with E-state index in [4.69, 9.17) is 0 Å². The van der Waals surface area contributed by atoms with Crippen molar-refractivity contribution in [3.8, 4) is 0 Å². The Morgan fingerprint density at radius 1 is 1.07 bits per heavy atom. The van der Waals surface area contributed by atoms with Crippen molar-refractivity contribution in [3.05, 3.63) is 29.8 Å². The van der Waals surface area contributed by atoms with Crippen LogP contribution >= 0.6 is 0 Å². The monoisotopic (exact) mass is 392 g/mol. The van der Waals surface area contributed by atoms with Gasteiger partial charge in [-0.3, -0.25) is 9.59 Å². The highest BCUT2D eigenvalue weighted by atomic mass is 32.2.